The molecule has 2 heterocycles. The number of nitrogen functional groups attached to an aromatic ring is 1. The summed E-state index contributed by atoms with van der Waals surface area (Å²) in [5.74, 6) is 5.30. The van der Waals surface area contributed by atoms with Crippen LogP contribution in [-0.2, 0) is 12.8 Å². The summed E-state index contributed by atoms with van der Waals surface area (Å²) in [6.45, 7) is 0. The molecule has 0 saturated heterocycles. The summed E-state index contributed by atoms with van der Waals surface area (Å²) in [5.41, 5.74) is 3.84. The van der Waals surface area contributed by atoms with Crippen molar-refractivity contribution in [3.05, 3.63) is 33.4 Å². The lowest BCUT2D eigenvalue weighted by Crippen LogP contribution is -2.14. The fourth-order valence-corrected chi connectivity index (χ4v) is 3.51. The molecule has 2 aromatic rings. The monoisotopic (exact) mass is 323 g/mol. The minimum atomic E-state index is -0.279. The lowest BCUT2D eigenvalue weighted by molar-refractivity contribution is 0.102. The van der Waals surface area contributed by atoms with Gasteiger partial charge in [0.15, 0.2) is 10.9 Å². The van der Waals surface area contributed by atoms with Crippen molar-refractivity contribution in [1.82, 2.24) is 9.97 Å². The zero-order chi connectivity index (χ0) is 14.8. The minimum absolute atomic E-state index is 0.279. The number of pyridine rings is 1. The number of anilines is 2. The van der Waals surface area contributed by atoms with Gasteiger partial charge in [-0.2, -0.15) is 0 Å². The fraction of sp³-hybridized carbons (Fsp3) is 0.308. The normalized spacial score (nSPS) is 13.6. The first-order valence-electron chi connectivity index (χ1n) is 6.59. The maximum absolute atomic E-state index is 12.2. The van der Waals surface area contributed by atoms with Crippen molar-refractivity contribution in [3.63, 3.8) is 0 Å². The van der Waals surface area contributed by atoms with Crippen molar-refractivity contribution in [3.8, 4) is 0 Å². The van der Waals surface area contributed by atoms with E-state index in [0.29, 0.717) is 21.5 Å². The maximum Gasteiger partial charge on any atom is 0.259 e. The molecule has 0 bridgehead atoms. The molecule has 0 atom stereocenters. The molecule has 0 saturated carbocycles. The van der Waals surface area contributed by atoms with Crippen LogP contribution in [0.25, 0.3) is 0 Å². The fourth-order valence-electron chi connectivity index (χ4n) is 2.24. The standard InChI is InChI=1S/C13H14ClN5OS/c14-8-5-7(6-16-11(8)19-15)12(20)18-13-17-9-3-1-2-4-10(9)21-13/h5-6H,1-4,15H2,(H,16,19)(H,17,18,20). The number of aryl methyl sites for hydroxylation is 2. The van der Waals surface area contributed by atoms with Crippen LogP contribution in [0.4, 0.5) is 10.9 Å². The highest BCUT2D eigenvalue weighted by Gasteiger charge is 2.17. The molecule has 0 unspecified atom stereocenters. The van der Waals surface area contributed by atoms with Crippen molar-refractivity contribution in [2.45, 2.75) is 25.7 Å². The number of halogens is 1. The number of hydrogen-bond acceptors (Lipinski definition) is 6. The SMILES string of the molecule is NNc1ncc(C(=O)Nc2nc3c(s2)CCCC3)cc1Cl. The molecular formula is C13H14ClN5OS. The van der Waals surface area contributed by atoms with Crippen LogP contribution < -0.4 is 16.6 Å². The van der Waals surface area contributed by atoms with Gasteiger partial charge in [0, 0.05) is 11.1 Å². The summed E-state index contributed by atoms with van der Waals surface area (Å²) >= 11 is 7.50. The lowest BCUT2D eigenvalue weighted by atomic mass is 10.0. The number of hydrogen-bond donors (Lipinski definition) is 3. The maximum atomic E-state index is 12.2. The minimum Gasteiger partial charge on any atom is -0.307 e. The van der Waals surface area contributed by atoms with Gasteiger partial charge in [0.2, 0.25) is 0 Å². The van der Waals surface area contributed by atoms with Crippen molar-refractivity contribution in [2.75, 3.05) is 10.7 Å². The van der Waals surface area contributed by atoms with Gasteiger partial charge in [-0.1, -0.05) is 11.6 Å². The zero-order valence-electron chi connectivity index (χ0n) is 11.1. The number of nitrogens with two attached hydrogens (primary N) is 1. The molecule has 1 amide bonds. The van der Waals surface area contributed by atoms with Crippen LogP contribution in [0.2, 0.25) is 5.02 Å². The summed E-state index contributed by atoms with van der Waals surface area (Å²) < 4.78 is 0. The molecular weight excluding hydrogens is 310 g/mol. The number of thiazole rings is 1. The van der Waals surface area contributed by atoms with Gasteiger partial charge in [-0.25, -0.2) is 15.8 Å². The van der Waals surface area contributed by atoms with E-state index in [1.165, 1.54) is 23.6 Å². The topological polar surface area (TPSA) is 92.9 Å². The molecule has 0 fully saturated rings. The third-order valence-corrected chi connectivity index (χ3v) is 4.67. The zero-order valence-corrected chi connectivity index (χ0v) is 12.7. The average molecular weight is 324 g/mol. The second-order valence-electron chi connectivity index (χ2n) is 4.75. The van der Waals surface area contributed by atoms with Gasteiger partial charge >= 0.3 is 0 Å². The van der Waals surface area contributed by atoms with Crippen LogP contribution in [0.3, 0.4) is 0 Å². The summed E-state index contributed by atoms with van der Waals surface area (Å²) in [7, 11) is 0. The molecule has 0 aromatic carbocycles. The predicted molar refractivity (Wildman–Crippen MR) is 83.8 cm³/mol. The summed E-state index contributed by atoms with van der Waals surface area (Å²) in [5, 5.41) is 3.72. The van der Waals surface area contributed by atoms with E-state index in [9.17, 15) is 4.79 Å². The Labute approximate surface area is 130 Å². The van der Waals surface area contributed by atoms with Crippen LogP contribution in [0.1, 0.15) is 33.8 Å². The molecule has 0 radical (unpaired) electrons. The summed E-state index contributed by atoms with van der Waals surface area (Å²) in [4.78, 5) is 21.9. The summed E-state index contributed by atoms with van der Waals surface area (Å²) in [6.07, 6.45) is 5.82. The van der Waals surface area contributed by atoms with Gasteiger partial charge in [0.1, 0.15) is 0 Å². The van der Waals surface area contributed by atoms with Crippen LogP contribution >= 0.6 is 22.9 Å². The van der Waals surface area contributed by atoms with E-state index in [0.717, 1.165) is 25.0 Å². The van der Waals surface area contributed by atoms with E-state index in [1.54, 1.807) is 11.3 Å². The largest absolute Gasteiger partial charge is 0.307 e. The van der Waals surface area contributed by atoms with Gasteiger partial charge in [-0.05, 0) is 31.7 Å². The highest BCUT2D eigenvalue weighted by atomic mass is 35.5. The van der Waals surface area contributed by atoms with Crippen molar-refractivity contribution < 1.29 is 4.79 Å². The highest BCUT2D eigenvalue weighted by molar-refractivity contribution is 7.15. The van der Waals surface area contributed by atoms with Crippen LogP contribution in [0.5, 0.6) is 0 Å². The Morgan fingerprint density at radius 3 is 2.90 bits per heavy atom. The molecule has 1 aliphatic carbocycles. The predicted octanol–water partition coefficient (Wildman–Crippen LogP) is 2.61. The highest BCUT2D eigenvalue weighted by Crippen LogP contribution is 2.30. The number of nitrogens with one attached hydrogen (secondary N) is 2. The molecule has 3 rings (SSSR count). The molecule has 110 valence electrons. The molecule has 0 spiro atoms. The quantitative estimate of drug-likeness (QED) is 0.596. The number of aromatic nitrogens is 2. The Hall–Kier alpha value is -1.70. The Balaban J connectivity index is 1.76. The number of amides is 1. The molecule has 1 aliphatic rings. The molecule has 2 aromatic heterocycles. The number of carbonyl (C=O) groups excluding carboxylic acids is 1. The Morgan fingerprint density at radius 1 is 1.38 bits per heavy atom. The number of carbonyl (C=O) groups is 1. The Bertz CT molecular complexity index is 664. The van der Waals surface area contributed by atoms with E-state index < -0.39 is 0 Å². The van der Waals surface area contributed by atoms with Gasteiger partial charge in [0.25, 0.3) is 5.91 Å². The van der Waals surface area contributed by atoms with Crippen LogP contribution in [0, 0.1) is 0 Å². The lowest BCUT2D eigenvalue weighted by Gasteiger charge is -2.06. The molecule has 4 N–H and O–H groups in total. The second-order valence-corrected chi connectivity index (χ2v) is 6.24. The van der Waals surface area contributed by atoms with Crippen molar-refractivity contribution >= 4 is 39.8 Å². The van der Waals surface area contributed by atoms with Gasteiger partial charge < -0.3 is 5.43 Å². The third kappa shape index (κ3) is 2.99. The smallest absolute Gasteiger partial charge is 0.259 e. The van der Waals surface area contributed by atoms with Crippen LogP contribution in [0.15, 0.2) is 12.3 Å². The van der Waals surface area contributed by atoms with Crippen molar-refractivity contribution in [1.29, 1.82) is 0 Å². The molecule has 21 heavy (non-hydrogen) atoms. The van der Waals surface area contributed by atoms with Crippen molar-refractivity contribution in [2.24, 2.45) is 5.84 Å². The third-order valence-electron chi connectivity index (χ3n) is 3.31. The number of hydrazine groups is 1. The van der Waals surface area contributed by atoms with E-state index in [-0.39, 0.29) is 5.91 Å². The average Bonchev–Trinajstić information content (AvgIpc) is 2.89. The van der Waals surface area contributed by atoms with E-state index in [1.807, 2.05) is 0 Å². The first kappa shape index (κ1) is 14.2. The van der Waals surface area contributed by atoms with Gasteiger partial charge in [0.05, 0.1) is 16.3 Å². The molecule has 6 nitrogen and oxygen atoms in total. The first-order valence-corrected chi connectivity index (χ1v) is 7.79. The molecule has 0 aliphatic heterocycles. The van der Waals surface area contributed by atoms with Gasteiger partial charge in [-0.3, -0.25) is 10.1 Å². The molecule has 8 heteroatoms. The first-order chi connectivity index (χ1) is 10.2. The Morgan fingerprint density at radius 2 is 2.19 bits per heavy atom. The van der Waals surface area contributed by atoms with E-state index in [4.69, 9.17) is 17.4 Å². The Kier molecular flexibility index (Phi) is 4.05. The van der Waals surface area contributed by atoms with Crippen LogP contribution in [-0.4, -0.2) is 15.9 Å². The van der Waals surface area contributed by atoms with E-state index in [2.05, 4.69) is 20.7 Å². The van der Waals surface area contributed by atoms with E-state index >= 15 is 0 Å². The van der Waals surface area contributed by atoms with Gasteiger partial charge in [-0.15, -0.1) is 11.3 Å². The second kappa shape index (κ2) is 5.97. The summed E-state index contributed by atoms with van der Waals surface area (Å²) in [6, 6.07) is 1.52. The number of nitrogens with zero attached hydrogens (tertiary/aromatic N) is 2. The number of fused-ring (bicyclic) bond motifs is 1. The number of rotatable bonds is 3.